The second-order valence-electron chi connectivity index (χ2n) is 5.02. The highest BCUT2D eigenvalue weighted by atomic mass is 35.5. The molecule has 0 saturated heterocycles. The summed E-state index contributed by atoms with van der Waals surface area (Å²) in [5.74, 6) is 1.20. The molecule has 0 radical (unpaired) electrons. The first-order valence-corrected chi connectivity index (χ1v) is 7.91. The van der Waals surface area contributed by atoms with Gasteiger partial charge in [0.25, 0.3) is 0 Å². The Morgan fingerprint density at radius 3 is 2.67 bits per heavy atom. The fraction of sp³-hybridized carbons (Fsp3) is 0.727. The molecule has 1 aromatic heterocycles. The van der Waals surface area contributed by atoms with Crippen LogP contribution in [0, 0.1) is 18.8 Å². The third kappa shape index (κ3) is 2.41. The van der Waals surface area contributed by atoms with E-state index in [4.69, 9.17) is 11.6 Å². The summed E-state index contributed by atoms with van der Waals surface area (Å²) >= 11 is 5.73. The molecule has 2 unspecified atom stereocenters. The van der Waals surface area contributed by atoms with Crippen LogP contribution in [0.5, 0.6) is 0 Å². The molecule has 1 aliphatic carbocycles. The summed E-state index contributed by atoms with van der Waals surface area (Å²) in [7, 11) is -1.88. The lowest BCUT2D eigenvalue weighted by atomic mass is 10.3. The number of aryl methyl sites for hydroxylation is 1. The number of hydrogen-bond acceptors (Lipinski definition) is 3. The monoisotopic (exact) mass is 291 g/mol. The van der Waals surface area contributed by atoms with E-state index in [9.17, 15) is 8.42 Å². The predicted octanol–water partition coefficient (Wildman–Crippen LogP) is 1.73. The van der Waals surface area contributed by atoms with Gasteiger partial charge in [0, 0.05) is 13.6 Å². The summed E-state index contributed by atoms with van der Waals surface area (Å²) in [6.45, 7) is 4.40. The Morgan fingerprint density at radius 1 is 1.56 bits per heavy atom. The Hall–Kier alpha value is -0.590. The summed E-state index contributed by atoms with van der Waals surface area (Å²) in [5, 5.41) is 6.62. The maximum Gasteiger partial charge on any atom is 0.246 e. The minimum absolute atomic E-state index is 0.0899. The SMILES string of the molecule is Cc1[nH]nc(CCl)c1S(=O)(=O)N(C)CC1CC1C. The summed E-state index contributed by atoms with van der Waals surface area (Å²) in [4.78, 5) is 0.230. The Balaban J connectivity index is 2.26. The minimum atomic E-state index is -3.49. The molecule has 7 heteroatoms. The average Bonchev–Trinajstić information content (AvgIpc) is 2.85. The van der Waals surface area contributed by atoms with Crippen molar-refractivity contribution >= 4 is 21.6 Å². The summed E-state index contributed by atoms with van der Waals surface area (Å²) in [6, 6.07) is 0. The molecule has 0 amide bonds. The first-order valence-electron chi connectivity index (χ1n) is 5.94. The Bertz CT molecular complexity index is 540. The maximum absolute atomic E-state index is 12.5. The van der Waals surface area contributed by atoms with Crippen LogP contribution in [0.15, 0.2) is 4.90 Å². The van der Waals surface area contributed by atoms with Crippen molar-refractivity contribution in [3.63, 3.8) is 0 Å². The van der Waals surface area contributed by atoms with Crippen LogP contribution in [0.4, 0.5) is 0 Å². The largest absolute Gasteiger partial charge is 0.281 e. The zero-order chi connectivity index (χ0) is 13.5. The normalized spacial score (nSPS) is 23.6. The van der Waals surface area contributed by atoms with Crippen LogP contribution in [0.25, 0.3) is 0 Å². The quantitative estimate of drug-likeness (QED) is 0.840. The lowest BCUT2D eigenvalue weighted by Crippen LogP contribution is -2.30. The number of halogens is 1. The van der Waals surface area contributed by atoms with Gasteiger partial charge >= 0.3 is 0 Å². The second-order valence-corrected chi connectivity index (χ2v) is 7.27. The zero-order valence-electron chi connectivity index (χ0n) is 10.8. The van der Waals surface area contributed by atoms with Crippen molar-refractivity contribution in [1.29, 1.82) is 0 Å². The molecule has 0 bridgehead atoms. The standard InChI is InChI=1S/C11H18ClN3O2S/c1-7-4-9(7)6-15(3)18(16,17)11-8(2)13-14-10(11)5-12/h7,9H,4-6H2,1-3H3,(H,13,14). The molecule has 1 N–H and O–H groups in total. The number of rotatable bonds is 5. The molecule has 1 aliphatic rings. The van der Waals surface area contributed by atoms with Crippen LogP contribution < -0.4 is 0 Å². The molecule has 0 aliphatic heterocycles. The van der Waals surface area contributed by atoms with Crippen molar-refractivity contribution in [1.82, 2.24) is 14.5 Å². The van der Waals surface area contributed by atoms with Crippen molar-refractivity contribution < 1.29 is 8.42 Å². The van der Waals surface area contributed by atoms with Crippen molar-refractivity contribution in [3.8, 4) is 0 Å². The van der Waals surface area contributed by atoms with E-state index in [2.05, 4.69) is 17.1 Å². The van der Waals surface area contributed by atoms with Gasteiger partial charge in [0.05, 0.1) is 17.3 Å². The molecule has 102 valence electrons. The number of aromatic nitrogens is 2. The molecule has 2 atom stereocenters. The minimum Gasteiger partial charge on any atom is -0.281 e. The molecule has 1 aromatic rings. The highest BCUT2D eigenvalue weighted by Gasteiger charge is 2.37. The Morgan fingerprint density at radius 2 is 2.17 bits per heavy atom. The summed E-state index contributed by atoms with van der Waals surface area (Å²) in [5.41, 5.74) is 0.936. The highest BCUT2D eigenvalue weighted by molar-refractivity contribution is 7.89. The van der Waals surface area contributed by atoms with E-state index in [0.717, 1.165) is 6.42 Å². The third-order valence-electron chi connectivity index (χ3n) is 3.52. The highest BCUT2D eigenvalue weighted by Crippen LogP contribution is 2.39. The number of aromatic amines is 1. The van der Waals surface area contributed by atoms with Crippen molar-refractivity contribution in [2.45, 2.75) is 31.0 Å². The molecule has 1 fully saturated rings. The number of hydrogen-bond donors (Lipinski definition) is 1. The number of H-pyrrole nitrogens is 1. The van der Waals surface area contributed by atoms with Gasteiger partial charge in [-0.25, -0.2) is 12.7 Å². The molecular formula is C11H18ClN3O2S. The summed E-state index contributed by atoms with van der Waals surface area (Å²) in [6.07, 6.45) is 1.10. The van der Waals surface area contributed by atoms with Crippen molar-refractivity contribution in [2.75, 3.05) is 13.6 Å². The lowest BCUT2D eigenvalue weighted by Gasteiger charge is -2.17. The van der Waals surface area contributed by atoms with Gasteiger partial charge in [0.15, 0.2) is 0 Å². The molecular weight excluding hydrogens is 274 g/mol. The van der Waals surface area contributed by atoms with E-state index < -0.39 is 10.0 Å². The zero-order valence-corrected chi connectivity index (χ0v) is 12.3. The van der Waals surface area contributed by atoms with Crippen molar-refractivity contribution in [3.05, 3.63) is 11.4 Å². The molecule has 0 aromatic carbocycles. The Kier molecular flexibility index (Phi) is 3.71. The van der Waals surface area contributed by atoms with Crippen LogP contribution in [0.3, 0.4) is 0 Å². The fourth-order valence-electron chi connectivity index (χ4n) is 2.14. The van der Waals surface area contributed by atoms with E-state index >= 15 is 0 Å². The van der Waals surface area contributed by atoms with Crippen LogP contribution >= 0.6 is 11.6 Å². The van der Waals surface area contributed by atoms with Crippen LogP contribution in [-0.2, 0) is 15.9 Å². The first-order chi connectivity index (χ1) is 8.37. The lowest BCUT2D eigenvalue weighted by molar-refractivity contribution is 0.444. The van der Waals surface area contributed by atoms with E-state index in [-0.39, 0.29) is 10.8 Å². The topological polar surface area (TPSA) is 66.1 Å². The fourth-order valence-corrected chi connectivity index (χ4v) is 3.96. The third-order valence-corrected chi connectivity index (χ3v) is 5.80. The summed E-state index contributed by atoms with van der Waals surface area (Å²) < 4.78 is 26.4. The molecule has 5 nitrogen and oxygen atoms in total. The van der Waals surface area contributed by atoms with Gasteiger partial charge in [-0.3, -0.25) is 5.10 Å². The first kappa shape index (κ1) is 13.8. The smallest absolute Gasteiger partial charge is 0.246 e. The Labute approximate surface area is 113 Å². The number of nitrogens with one attached hydrogen (secondary N) is 1. The van der Waals surface area contributed by atoms with Gasteiger partial charge in [-0.15, -0.1) is 11.6 Å². The van der Waals surface area contributed by atoms with Gasteiger partial charge in [-0.05, 0) is 25.2 Å². The van der Waals surface area contributed by atoms with E-state index in [1.165, 1.54) is 4.31 Å². The van der Waals surface area contributed by atoms with Crippen LogP contribution in [0.1, 0.15) is 24.7 Å². The van der Waals surface area contributed by atoms with Gasteiger partial charge in [-0.1, -0.05) is 6.92 Å². The van der Waals surface area contributed by atoms with Gasteiger partial charge in [0.2, 0.25) is 10.0 Å². The van der Waals surface area contributed by atoms with Gasteiger partial charge < -0.3 is 0 Å². The van der Waals surface area contributed by atoms with E-state index in [1.54, 1.807) is 14.0 Å². The number of sulfonamides is 1. The molecule has 1 heterocycles. The molecule has 0 spiro atoms. The second kappa shape index (κ2) is 4.83. The maximum atomic E-state index is 12.5. The molecule has 1 saturated carbocycles. The average molecular weight is 292 g/mol. The van der Waals surface area contributed by atoms with Gasteiger partial charge in [0.1, 0.15) is 4.90 Å². The predicted molar refractivity (Wildman–Crippen MR) is 70.0 cm³/mol. The number of alkyl halides is 1. The van der Waals surface area contributed by atoms with E-state index in [1.807, 2.05) is 0 Å². The van der Waals surface area contributed by atoms with Crippen molar-refractivity contribution in [2.24, 2.45) is 11.8 Å². The molecule has 18 heavy (non-hydrogen) atoms. The van der Waals surface area contributed by atoms with Crippen LogP contribution in [0.2, 0.25) is 0 Å². The number of nitrogens with zero attached hydrogens (tertiary/aromatic N) is 2. The molecule has 2 rings (SSSR count). The van der Waals surface area contributed by atoms with Crippen LogP contribution in [-0.4, -0.2) is 36.5 Å². The van der Waals surface area contributed by atoms with E-state index in [0.29, 0.717) is 29.8 Å². The van der Waals surface area contributed by atoms with Gasteiger partial charge in [-0.2, -0.15) is 5.10 Å².